The molecular formula is C12H17N5S. The number of hydrogen-bond acceptors (Lipinski definition) is 3. The standard InChI is InChI=1S/C12H17N5S/c1-2-17(12(13)18)14-8-7-11-15-9-5-3-4-6-10(9)16-11/h3-6,14H,2,7-8H2,1H3,(H2,13,18)(H,15,16). The lowest BCUT2D eigenvalue weighted by Gasteiger charge is -2.21. The summed E-state index contributed by atoms with van der Waals surface area (Å²) in [6.45, 7) is 3.48. The van der Waals surface area contributed by atoms with Crippen LogP contribution in [-0.2, 0) is 6.42 Å². The molecule has 0 saturated carbocycles. The van der Waals surface area contributed by atoms with E-state index in [1.165, 1.54) is 0 Å². The topological polar surface area (TPSA) is 70.0 Å². The molecule has 18 heavy (non-hydrogen) atoms. The number of imidazole rings is 1. The number of rotatable bonds is 5. The Morgan fingerprint density at radius 3 is 2.94 bits per heavy atom. The van der Waals surface area contributed by atoms with Gasteiger partial charge in [0.2, 0.25) is 0 Å². The third kappa shape index (κ3) is 2.96. The second kappa shape index (κ2) is 5.79. The Kier molecular flexibility index (Phi) is 4.11. The number of aromatic nitrogens is 2. The van der Waals surface area contributed by atoms with Crippen LogP contribution in [0.1, 0.15) is 12.7 Å². The van der Waals surface area contributed by atoms with Crippen LogP contribution in [0.2, 0.25) is 0 Å². The van der Waals surface area contributed by atoms with Gasteiger partial charge in [0.25, 0.3) is 0 Å². The van der Waals surface area contributed by atoms with Crippen LogP contribution in [0.15, 0.2) is 24.3 Å². The van der Waals surface area contributed by atoms with Gasteiger partial charge in [-0.3, -0.25) is 5.01 Å². The zero-order valence-corrected chi connectivity index (χ0v) is 11.1. The van der Waals surface area contributed by atoms with E-state index in [2.05, 4.69) is 15.4 Å². The van der Waals surface area contributed by atoms with E-state index in [1.807, 2.05) is 31.2 Å². The maximum absolute atomic E-state index is 5.56. The largest absolute Gasteiger partial charge is 0.375 e. The number of fused-ring (bicyclic) bond motifs is 1. The molecule has 1 heterocycles. The van der Waals surface area contributed by atoms with Crippen molar-refractivity contribution >= 4 is 28.4 Å². The Bertz CT molecular complexity index is 503. The predicted molar refractivity (Wildman–Crippen MR) is 77.0 cm³/mol. The van der Waals surface area contributed by atoms with Crippen LogP contribution in [0.3, 0.4) is 0 Å². The summed E-state index contributed by atoms with van der Waals surface area (Å²) in [5, 5.41) is 2.11. The molecular weight excluding hydrogens is 246 g/mol. The zero-order valence-electron chi connectivity index (χ0n) is 10.3. The highest BCUT2D eigenvalue weighted by Crippen LogP contribution is 2.10. The van der Waals surface area contributed by atoms with Gasteiger partial charge >= 0.3 is 0 Å². The number of para-hydroxylation sites is 2. The minimum Gasteiger partial charge on any atom is -0.375 e. The van der Waals surface area contributed by atoms with Gasteiger partial charge in [0.15, 0.2) is 5.11 Å². The molecule has 4 N–H and O–H groups in total. The van der Waals surface area contributed by atoms with Crippen molar-refractivity contribution in [1.29, 1.82) is 0 Å². The smallest absolute Gasteiger partial charge is 0.180 e. The molecule has 1 aromatic heterocycles. The molecule has 6 heteroatoms. The summed E-state index contributed by atoms with van der Waals surface area (Å²) in [5.41, 5.74) is 10.8. The predicted octanol–water partition coefficient (Wildman–Crippen LogP) is 1.18. The lowest BCUT2D eigenvalue weighted by Crippen LogP contribution is -2.46. The van der Waals surface area contributed by atoms with E-state index in [0.29, 0.717) is 5.11 Å². The average Bonchev–Trinajstić information content (AvgIpc) is 2.76. The first kappa shape index (κ1) is 12.8. The molecule has 0 radical (unpaired) electrons. The Morgan fingerprint density at radius 2 is 2.28 bits per heavy atom. The van der Waals surface area contributed by atoms with E-state index in [-0.39, 0.29) is 0 Å². The quantitative estimate of drug-likeness (QED) is 0.558. The summed E-state index contributed by atoms with van der Waals surface area (Å²) < 4.78 is 0. The molecule has 0 aliphatic carbocycles. The molecule has 0 fully saturated rings. The van der Waals surface area contributed by atoms with Gasteiger partial charge in [-0.2, -0.15) is 0 Å². The SMILES string of the molecule is CCN(NCCc1nc2ccccc2[nH]1)C(N)=S. The summed E-state index contributed by atoms with van der Waals surface area (Å²) >= 11 is 4.92. The van der Waals surface area contributed by atoms with Gasteiger partial charge in [-0.05, 0) is 31.3 Å². The number of aromatic amines is 1. The van der Waals surface area contributed by atoms with Crippen LogP contribution in [0.5, 0.6) is 0 Å². The molecule has 0 amide bonds. The maximum atomic E-state index is 5.56. The lowest BCUT2D eigenvalue weighted by molar-refractivity contribution is 0.325. The second-order valence-corrected chi connectivity index (χ2v) is 4.36. The molecule has 0 bridgehead atoms. The van der Waals surface area contributed by atoms with Crippen molar-refractivity contribution in [2.45, 2.75) is 13.3 Å². The third-order valence-corrected chi connectivity index (χ3v) is 2.91. The summed E-state index contributed by atoms with van der Waals surface area (Å²) in [5.74, 6) is 0.961. The van der Waals surface area contributed by atoms with E-state index >= 15 is 0 Å². The Labute approximate surface area is 111 Å². The van der Waals surface area contributed by atoms with E-state index in [1.54, 1.807) is 5.01 Å². The minimum absolute atomic E-state index is 0.363. The van der Waals surface area contributed by atoms with Crippen LogP contribution in [0, 0.1) is 0 Å². The number of H-pyrrole nitrogens is 1. The Hall–Kier alpha value is -1.66. The number of thiocarbonyl (C=S) groups is 1. The van der Waals surface area contributed by atoms with Gasteiger partial charge in [-0.15, -0.1) is 0 Å². The van der Waals surface area contributed by atoms with Crippen molar-refractivity contribution in [3.05, 3.63) is 30.1 Å². The molecule has 0 aliphatic heterocycles. The van der Waals surface area contributed by atoms with E-state index < -0.39 is 0 Å². The summed E-state index contributed by atoms with van der Waals surface area (Å²) in [4.78, 5) is 7.78. The van der Waals surface area contributed by atoms with Crippen molar-refractivity contribution in [1.82, 2.24) is 20.4 Å². The van der Waals surface area contributed by atoms with Crippen molar-refractivity contribution in [2.24, 2.45) is 5.73 Å². The van der Waals surface area contributed by atoms with Crippen LogP contribution in [-0.4, -0.2) is 33.2 Å². The van der Waals surface area contributed by atoms with Gasteiger partial charge in [0.1, 0.15) is 5.82 Å². The minimum atomic E-state index is 0.363. The van der Waals surface area contributed by atoms with E-state index in [0.717, 1.165) is 36.4 Å². The van der Waals surface area contributed by atoms with Gasteiger partial charge in [0.05, 0.1) is 11.0 Å². The number of hydrazine groups is 1. The average molecular weight is 263 g/mol. The number of nitrogens with two attached hydrogens (primary N) is 1. The lowest BCUT2D eigenvalue weighted by atomic mass is 10.3. The highest BCUT2D eigenvalue weighted by Gasteiger charge is 2.04. The Balaban J connectivity index is 1.92. The highest BCUT2D eigenvalue weighted by molar-refractivity contribution is 7.80. The van der Waals surface area contributed by atoms with E-state index in [4.69, 9.17) is 18.0 Å². The molecule has 0 atom stereocenters. The monoisotopic (exact) mass is 263 g/mol. The van der Waals surface area contributed by atoms with Gasteiger partial charge in [-0.1, -0.05) is 12.1 Å². The number of benzene rings is 1. The number of hydrogen-bond donors (Lipinski definition) is 3. The van der Waals surface area contributed by atoms with Crippen LogP contribution >= 0.6 is 12.2 Å². The first-order chi connectivity index (χ1) is 8.70. The fourth-order valence-corrected chi connectivity index (χ4v) is 1.97. The molecule has 2 aromatic rings. The van der Waals surface area contributed by atoms with E-state index in [9.17, 15) is 0 Å². The molecule has 96 valence electrons. The highest BCUT2D eigenvalue weighted by atomic mass is 32.1. The van der Waals surface area contributed by atoms with Crippen LogP contribution in [0.4, 0.5) is 0 Å². The van der Waals surface area contributed by atoms with Crippen molar-refractivity contribution in [2.75, 3.05) is 13.1 Å². The van der Waals surface area contributed by atoms with Crippen LogP contribution < -0.4 is 11.2 Å². The molecule has 0 unspecified atom stereocenters. The molecule has 0 saturated heterocycles. The maximum Gasteiger partial charge on any atom is 0.180 e. The molecule has 5 nitrogen and oxygen atoms in total. The third-order valence-electron chi connectivity index (χ3n) is 2.69. The van der Waals surface area contributed by atoms with Gasteiger partial charge < -0.3 is 10.7 Å². The summed E-state index contributed by atoms with van der Waals surface area (Å²) in [6, 6.07) is 7.99. The molecule has 2 rings (SSSR count). The first-order valence-corrected chi connectivity index (χ1v) is 6.35. The fourth-order valence-electron chi connectivity index (χ4n) is 1.78. The van der Waals surface area contributed by atoms with Crippen molar-refractivity contribution in [3.8, 4) is 0 Å². The van der Waals surface area contributed by atoms with Crippen molar-refractivity contribution in [3.63, 3.8) is 0 Å². The summed E-state index contributed by atoms with van der Waals surface area (Å²) in [6.07, 6.45) is 0.799. The van der Waals surface area contributed by atoms with Gasteiger partial charge in [0, 0.05) is 19.5 Å². The normalized spacial score (nSPS) is 10.7. The first-order valence-electron chi connectivity index (χ1n) is 5.95. The van der Waals surface area contributed by atoms with Gasteiger partial charge in [-0.25, -0.2) is 10.4 Å². The fraction of sp³-hybridized carbons (Fsp3) is 0.333. The Morgan fingerprint density at radius 1 is 1.50 bits per heavy atom. The number of nitrogens with zero attached hydrogens (tertiary/aromatic N) is 2. The molecule has 0 aliphatic rings. The zero-order chi connectivity index (χ0) is 13.0. The molecule has 0 spiro atoms. The summed E-state index contributed by atoms with van der Waals surface area (Å²) in [7, 11) is 0. The second-order valence-electron chi connectivity index (χ2n) is 3.94. The van der Waals surface area contributed by atoms with Crippen LogP contribution in [0.25, 0.3) is 11.0 Å². The number of nitrogens with one attached hydrogen (secondary N) is 2. The van der Waals surface area contributed by atoms with Crippen molar-refractivity contribution < 1.29 is 0 Å². The molecule has 1 aromatic carbocycles.